The Kier molecular flexibility index (Phi) is 7.34. The predicted molar refractivity (Wildman–Crippen MR) is 134 cm³/mol. The van der Waals surface area contributed by atoms with Crippen LogP contribution in [0.5, 0.6) is 5.75 Å². The molecule has 192 valence electrons. The number of carbonyl (C=O) groups is 1. The summed E-state index contributed by atoms with van der Waals surface area (Å²) in [7, 11) is -9.27. The van der Waals surface area contributed by atoms with Crippen LogP contribution in [-0.2, 0) is 25.0 Å². The van der Waals surface area contributed by atoms with Gasteiger partial charge in [-0.3, -0.25) is 13.9 Å². The summed E-state index contributed by atoms with van der Waals surface area (Å²) < 4.78 is 76.1. The molecule has 2 atom stereocenters. The van der Waals surface area contributed by atoms with Gasteiger partial charge in [0, 0.05) is 5.56 Å². The molecule has 2 N–H and O–H groups in total. The van der Waals surface area contributed by atoms with Gasteiger partial charge in [-0.25, -0.2) is 0 Å². The van der Waals surface area contributed by atoms with Crippen LogP contribution in [0.1, 0.15) is 38.1 Å². The Morgan fingerprint density at radius 1 is 0.722 bits per heavy atom. The number of rotatable bonds is 7. The highest BCUT2D eigenvalue weighted by atomic mass is 32.2. The largest absolute Gasteiger partial charge is 0.458 e. The summed E-state index contributed by atoms with van der Waals surface area (Å²) in [6, 6.07) is 6.19. The van der Waals surface area contributed by atoms with Gasteiger partial charge in [0.25, 0.3) is 20.2 Å². The van der Waals surface area contributed by atoms with Crippen LogP contribution in [0.25, 0.3) is 0 Å². The number of benzene rings is 1. The molecule has 11 heteroatoms. The second kappa shape index (κ2) is 9.66. The summed E-state index contributed by atoms with van der Waals surface area (Å²) in [4.78, 5) is 11.5. The first-order valence-corrected chi connectivity index (χ1v) is 13.5. The normalized spacial score (nSPS) is 24.5. The van der Waals surface area contributed by atoms with Gasteiger partial charge >= 0.3 is 0 Å². The van der Waals surface area contributed by atoms with E-state index in [0.29, 0.717) is 16.9 Å². The molecule has 2 aliphatic carbocycles. The molecule has 36 heavy (non-hydrogen) atoms. The third-order valence-electron chi connectivity index (χ3n) is 5.57. The molecule has 0 fully saturated rings. The molecule has 2 unspecified atom stereocenters. The fraction of sp³-hybridized carbons (Fsp3) is 0.240. The number of ketones is 1. The molecule has 0 heterocycles. The Hall–Kier alpha value is -3.25. The molecule has 0 spiro atoms. The van der Waals surface area contributed by atoms with Gasteiger partial charge in [-0.15, -0.1) is 0 Å². The van der Waals surface area contributed by atoms with Gasteiger partial charge in [0.1, 0.15) is 32.5 Å². The Morgan fingerprint density at radius 2 is 1.14 bits per heavy atom. The van der Waals surface area contributed by atoms with Crippen molar-refractivity contribution in [2.75, 3.05) is 0 Å². The minimum Gasteiger partial charge on any atom is -0.458 e. The maximum atomic E-state index is 12.3. The van der Waals surface area contributed by atoms with E-state index in [1.165, 1.54) is 57.2 Å². The minimum absolute atomic E-state index is 0.0148. The standard InChI is InChI=1S/C25H26O9S2/c1-17-5-8-21(14-24(3,13-17)35(27,28)29)34-23-12-11-22(15-25(4,16-23)36(30,31)32)33-20-9-6-19(7-10-20)18(2)26/h5-16H,1-4H3,(H,27,28,29)(H,30,31,32). The van der Waals surface area contributed by atoms with E-state index in [1.807, 2.05) is 0 Å². The van der Waals surface area contributed by atoms with Crippen molar-refractivity contribution in [1.82, 2.24) is 0 Å². The van der Waals surface area contributed by atoms with Crippen LogP contribution in [0, 0.1) is 0 Å². The van der Waals surface area contributed by atoms with Crippen molar-refractivity contribution in [3.05, 3.63) is 101 Å². The molecule has 0 radical (unpaired) electrons. The van der Waals surface area contributed by atoms with Crippen molar-refractivity contribution in [1.29, 1.82) is 0 Å². The molecule has 0 aromatic heterocycles. The third kappa shape index (κ3) is 6.11. The molecular formula is C25H26O9S2. The van der Waals surface area contributed by atoms with Crippen LogP contribution in [0.4, 0.5) is 0 Å². The first kappa shape index (κ1) is 27.3. The van der Waals surface area contributed by atoms with Crippen LogP contribution in [0.3, 0.4) is 0 Å². The average molecular weight is 535 g/mol. The number of ether oxygens (including phenoxy) is 2. The highest BCUT2D eigenvalue weighted by Gasteiger charge is 2.38. The molecule has 0 saturated carbocycles. The minimum atomic E-state index is -4.71. The number of Topliss-reactive ketones (excluding diaryl/α,β-unsaturated/α-hetero) is 1. The Balaban J connectivity index is 1.99. The fourth-order valence-corrected chi connectivity index (χ4v) is 4.60. The van der Waals surface area contributed by atoms with Gasteiger partial charge in [-0.05, 0) is 88.4 Å². The van der Waals surface area contributed by atoms with Crippen molar-refractivity contribution < 1.29 is 40.2 Å². The molecular weight excluding hydrogens is 508 g/mol. The van der Waals surface area contributed by atoms with Crippen molar-refractivity contribution in [3.8, 4) is 5.75 Å². The lowest BCUT2D eigenvalue weighted by molar-refractivity contribution is 0.101. The molecule has 3 rings (SSSR count). The van der Waals surface area contributed by atoms with Gasteiger partial charge in [0.05, 0.1) is 0 Å². The molecule has 2 aliphatic rings. The number of allylic oxidation sites excluding steroid dienone is 5. The maximum Gasteiger partial charge on any atom is 0.277 e. The number of hydrogen-bond acceptors (Lipinski definition) is 7. The molecule has 0 amide bonds. The van der Waals surface area contributed by atoms with Crippen LogP contribution in [0.15, 0.2) is 95.7 Å². The summed E-state index contributed by atoms with van der Waals surface area (Å²) in [6.45, 7) is 5.58. The van der Waals surface area contributed by atoms with Gasteiger partial charge in [0.15, 0.2) is 5.78 Å². The Bertz CT molecular complexity index is 1470. The highest BCUT2D eigenvalue weighted by Crippen LogP contribution is 2.32. The Morgan fingerprint density at radius 3 is 1.58 bits per heavy atom. The maximum absolute atomic E-state index is 12.3. The summed E-state index contributed by atoms with van der Waals surface area (Å²) in [6.07, 6.45) is 10.7. The van der Waals surface area contributed by atoms with Crippen molar-refractivity contribution in [2.45, 2.75) is 37.2 Å². The van der Waals surface area contributed by atoms with E-state index >= 15 is 0 Å². The molecule has 9 nitrogen and oxygen atoms in total. The summed E-state index contributed by atoms with van der Waals surface area (Å²) in [5.74, 6) is 0.229. The van der Waals surface area contributed by atoms with E-state index < -0.39 is 29.7 Å². The van der Waals surface area contributed by atoms with Gasteiger partial charge < -0.3 is 9.47 Å². The lowest BCUT2D eigenvalue weighted by atomic mass is 10.1. The first-order chi connectivity index (χ1) is 16.5. The topological polar surface area (TPSA) is 144 Å². The van der Waals surface area contributed by atoms with Gasteiger partial charge in [-0.2, -0.15) is 16.8 Å². The zero-order valence-corrected chi connectivity index (χ0v) is 21.6. The molecule has 0 aliphatic heterocycles. The lowest BCUT2D eigenvalue weighted by Crippen LogP contribution is -2.32. The number of carbonyl (C=O) groups excluding carboxylic acids is 1. The van der Waals surface area contributed by atoms with Crippen molar-refractivity contribution in [3.63, 3.8) is 0 Å². The van der Waals surface area contributed by atoms with E-state index in [9.17, 15) is 30.7 Å². The lowest BCUT2D eigenvalue weighted by Gasteiger charge is -2.21. The van der Waals surface area contributed by atoms with Crippen molar-refractivity contribution in [2.24, 2.45) is 0 Å². The van der Waals surface area contributed by atoms with Gasteiger partial charge in [-0.1, -0.05) is 17.7 Å². The molecule has 1 aromatic rings. The van der Waals surface area contributed by atoms with E-state index in [-0.39, 0.29) is 23.1 Å². The summed E-state index contributed by atoms with van der Waals surface area (Å²) in [5.41, 5.74) is 1.02. The van der Waals surface area contributed by atoms with E-state index in [4.69, 9.17) is 9.47 Å². The van der Waals surface area contributed by atoms with Crippen LogP contribution in [0.2, 0.25) is 0 Å². The molecule has 0 saturated heterocycles. The third-order valence-corrected chi connectivity index (χ3v) is 8.26. The summed E-state index contributed by atoms with van der Waals surface area (Å²) in [5, 5.41) is 0. The van der Waals surface area contributed by atoms with E-state index in [2.05, 4.69) is 0 Å². The molecule has 1 aromatic carbocycles. The highest BCUT2D eigenvalue weighted by molar-refractivity contribution is 7.87. The van der Waals surface area contributed by atoms with E-state index in [1.54, 1.807) is 37.3 Å². The first-order valence-electron chi connectivity index (χ1n) is 10.7. The smallest absolute Gasteiger partial charge is 0.277 e. The average Bonchev–Trinajstić information content (AvgIpc) is 2.99. The fourth-order valence-electron chi connectivity index (χ4n) is 3.47. The SMILES string of the molecule is CC(=O)c1ccc(OC2=CC(C)(S(=O)(=O)O)C=C(OC3=CC(C)(S(=O)(=O)O)C=C(C)C=C3)C=C2)cc1. The zero-order chi connectivity index (χ0) is 26.9. The zero-order valence-electron chi connectivity index (χ0n) is 20.0. The summed E-state index contributed by atoms with van der Waals surface area (Å²) >= 11 is 0. The van der Waals surface area contributed by atoms with Gasteiger partial charge in [0.2, 0.25) is 0 Å². The van der Waals surface area contributed by atoms with Crippen LogP contribution in [-0.4, -0.2) is 41.2 Å². The quantitative estimate of drug-likeness (QED) is 0.386. The van der Waals surface area contributed by atoms with Crippen LogP contribution < -0.4 is 4.74 Å². The van der Waals surface area contributed by atoms with Crippen molar-refractivity contribution >= 4 is 26.0 Å². The second-order valence-corrected chi connectivity index (χ2v) is 12.5. The predicted octanol–water partition coefficient (Wildman–Crippen LogP) is 4.32. The number of hydrogen-bond donors (Lipinski definition) is 2. The van der Waals surface area contributed by atoms with E-state index in [0.717, 1.165) is 6.08 Å². The Labute approximate surface area is 210 Å². The monoisotopic (exact) mass is 534 g/mol. The van der Waals surface area contributed by atoms with Crippen LogP contribution >= 0.6 is 0 Å². The molecule has 0 bridgehead atoms. The second-order valence-electron chi connectivity index (χ2n) is 8.80.